The molecule has 0 bridgehead atoms. The Kier molecular flexibility index (Phi) is 7.85. The zero-order valence-electron chi connectivity index (χ0n) is 17.2. The molecule has 2 aliphatic rings. The normalized spacial score (nSPS) is 22.3. The van der Waals surface area contributed by atoms with Gasteiger partial charge in [-0.1, -0.05) is 30.5 Å². The largest absolute Gasteiger partial charge is 0.389 e. The number of nitrogens with zero attached hydrogens (tertiary/aromatic N) is 2. The first-order valence-corrected chi connectivity index (χ1v) is 10.5. The Hall–Kier alpha value is -1.47. The molecule has 1 heterocycles. The molecule has 1 aliphatic heterocycles. The lowest BCUT2D eigenvalue weighted by Crippen LogP contribution is -2.52. The van der Waals surface area contributed by atoms with Gasteiger partial charge in [-0.2, -0.15) is 0 Å². The molecule has 6 nitrogen and oxygen atoms in total. The standard InChI is InChI=1S/C22H34N2O4/c1-17-7-9-18(10-8-17)22(26)24(19-5-3-4-6-19)15-21-14-23(11-12-28-21)13-20(25)16-27-2/h7-10,19-21,25H,3-6,11-16H2,1-2H3. The Morgan fingerprint density at radius 3 is 2.71 bits per heavy atom. The molecule has 1 aromatic rings. The summed E-state index contributed by atoms with van der Waals surface area (Å²) in [6.07, 6.45) is 3.98. The van der Waals surface area contributed by atoms with Crippen LogP contribution in [0.15, 0.2) is 24.3 Å². The molecular weight excluding hydrogens is 356 g/mol. The molecule has 3 rings (SSSR count). The van der Waals surface area contributed by atoms with Gasteiger partial charge in [0.1, 0.15) is 0 Å². The van der Waals surface area contributed by atoms with Crippen molar-refractivity contribution in [3.63, 3.8) is 0 Å². The van der Waals surface area contributed by atoms with Gasteiger partial charge in [0.15, 0.2) is 0 Å². The van der Waals surface area contributed by atoms with E-state index in [1.807, 2.05) is 36.1 Å². The highest BCUT2D eigenvalue weighted by molar-refractivity contribution is 5.94. The van der Waals surface area contributed by atoms with Gasteiger partial charge in [-0.3, -0.25) is 9.69 Å². The fraction of sp³-hybridized carbons (Fsp3) is 0.682. The number of aliphatic hydroxyl groups is 1. The summed E-state index contributed by atoms with van der Waals surface area (Å²) in [4.78, 5) is 17.5. The molecule has 1 aromatic carbocycles. The number of benzene rings is 1. The fourth-order valence-corrected chi connectivity index (χ4v) is 4.29. The van der Waals surface area contributed by atoms with E-state index in [9.17, 15) is 9.90 Å². The van der Waals surface area contributed by atoms with Gasteiger partial charge in [-0.25, -0.2) is 0 Å². The maximum absolute atomic E-state index is 13.3. The third-order valence-electron chi connectivity index (χ3n) is 5.78. The van der Waals surface area contributed by atoms with Crippen molar-refractivity contribution >= 4 is 5.91 Å². The average molecular weight is 391 g/mol. The molecular formula is C22H34N2O4. The quantitative estimate of drug-likeness (QED) is 0.736. The highest BCUT2D eigenvalue weighted by atomic mass is 16.5. The molecule has 0 spiro atoms. The van der Waals surface area contributed by atoms with Crippen LogP contribution in [-0.4, -0.2) is 85.6 Å². The topological polar surface area (TPSA) is 62.2 Å². The highest BCUT2D eigenvalue weighted by Gasteiger charge is 2.32. The number of amides is 1. The number of morpholine rings is 1. The number of aryl methyl sites for hydroxylation is 1. The van der Waals surface area contributed by atoms with Crippen LogP contribution in [0.2, 0.25) is 0 Å². The minimum absolute atomic E-state index is 0.0292. The summed E-state index contributed by atoms with van der Waals surface area (Å²) in [5, 5.41) is 10.0. The van der Waals surface area contributed by atoms with Gasteiger partial charge >= 0.3 is 0 Å². The van der Waals surface area contributed by atoms with Gasteiger partial charge in [-0.05, 0) is 31.9 Å². The van der Waals surface area contributed by atoms with Crippen molar-refractivity contribution in [2.45, 2.75) is 50.9 Å². The third kappa shape index (κ3) is 5.77. The second-order valence-electron chi connectivity index (χ2n) is 8.12. The van der Waals surface area contributed by atoms with Crippen LogP contribution in [0.4, 0.5) is 0 Å². The van der Waals surface area contributed by atoms with E-state index in [0.717, 1.165) is 37.1 Å². The number of carbonyl (C=O) groups is 1. The van der Waals surface area contributed by atoms with E-state index in [0.29, 0.717) is 32.3 Å². The lowest BCUT2D eigenvalue weighted by Gasteiger charge is -2.38. The number of methoxy groups -OCH3 is 1. The third-order valence-corrected chi connectivity index (χ3v) is 5.78. The number of β-amino-alcohol motifs (C(OH)–C–C–N with tert-alkyl or cyclic N) is 1. The minimum Gasteiger partial charge on any atom is -0.389 e. The maximum atomic E-state index is 13.3. The first-order chi connectivity index (χ1) is 13.6. The summed E-state index contributed by atoms with van der Waals surface area (Å²) in [5.74, 6) is 0.104. The Labute approximate surface area is 168 Å². The first-order valence-electron chi connectivity index (χ1n) is 10.5. The van der Waals surface area contributed by atoms with Gasteiger partial charge in [-0.15, -0.1) is 0 Å². The molecule has 1 saturated carbocycles. The average Bonchev–Trinajstić information content (AvgIpc) is 3.21. The fourth-order valence-electron chi connectivity index (χ4n) is 4.29. The molecule has 1 amide bonds. The second kappa shape index (κ2) is 10.3. The van der Waals surface area contributed by atoms with Crippen molar-refractivity contribution in [1.82, 2.24) is 9.80 Å². The summed E-state index contributed by atoms with van der Waals surface area (Å²) < 4.78 is 11.0. The summed E-state index contributed by atoms with van der Waals surface area (Å²) in [6, 6.07) is 8.14. The number of aliphatic hydroxyl groups excluding tert-OH is 1. The number of hydrogen-bond donors (Lipinski definition) is 1. The summed E-state index contributed by atoms with van der Waals surface area (Å²) in [7, 11) is 1.60. The van der Waals surface area contributed by atoms with Crippen LogP contribution in [0, 0.1) is 6.92 Å². The number of ether oxygens (including phenoxy) is 2. The SMILES string of the molecule is COCC(O)CN1CCOC(CN(C(=O)c2ccc(C)cc2)C2CCCC2)C1. The van der Waals surface area contributed by atoms with Gasteiger partial charge in [0, 0.05) is 44.9 Å². The Morgan fingerprint density at radius 1 is 1.32 bits per heavy atom. The molecule has 2 unspecified atom stereocenters. The van der Waals surface area contributed by atoms with E-state index in [-0.39, 0.29) is 12.0 Å². The van der Waals surface area contributed by atoms with Gasteiger partial charge in [0.05, 0.1) is 25.4 Å². The predicted molar refractivity (Wildman–Crippen MR) is 109 cm³/mol. The molecule has 1 N–H and O–H groups in total. The summed E-state index contributed by atoms with van der Waals surface area (Å²) >= 11 is 0. The number of hydrogen-bond acceptors (Lipinski definition) is 5. The number of carbonyl (C=O) groups excluding carboxylic acids is 1. The van der Waals surface area contributed by atoms with Crippen LogP contribution in [-0.2, 0) is 9.47 Å². The van der Waals surface area contributed by atoms with Crippen molar-refractivity contribution in [3.8, 4) is 0 Å². The Balaban J connectivity index is 1.65. The van der Waals surface area contributed by atoms with Gasteiger partial charge in [0.2, 0.25) is 0 Å². The molecule has 2 atom stereocenters. The van der Waals surface area contributed by atoms with E-state index in [1.54, 1.807) is 7.11 Å². The van der Waals surface area contributed by atoms with Gasteiger partial charge < -0.3 is 19.5 Å². The lowest BCUT2D eigenvalue weighted by atomic mass is 10.1. The van der Waals surface area contributed by atoms with Crippen LogP contribution in [0.25, 0.3) is 0 Å². The maximum Gasteiger partial charge on any atom is 0.254 e. The van der Waals surface area contributed by atoms with Crippen molar-refractivity contribution < 1.29 is 19.4 Å². The zero-order chi connectivity index (χ0) is 19.9. The van der Waals surface area contributed by atoms with Crippen LogP contribution >= 0.6 is 0 Å². The molecule has 28 heavy (non-hydrogen) atoms. The van der Waals surface area contributed by atoms with Crippen molar-refractivity contribution in [3.05, 3.63) is 35.4 Å². The van der Waals surface area contributed by atoms with Crippen molar-refractivity contribution in [1.29, 1.82) is 0 Å². The molecule has 156 valence electrons. The molecule has 6 heteroatoms. The Morgan fingerprint density at radius 2 is 2.04 bits per heavy atom. The minimum atomic E-state index is -0.496. The van der Waals surface area contributed by atoms with E-state index in [2.05, 4.69) is 4.90 Å². The van der Waals surface area contributed by atoms with Gasteiger partial charge in [0.25, 0.3) is 5.91 Å². The van der Waals surface area contributed by atoms with E-state index in [1.165, 1.54) is 12.8 Å². The number of rotatable bonds is 8. The monoisotopic (exact) mass is 390 g/mol. The molecule has 2 fully saturated rings. The predicted octanol–water partition coefficient (Wildman–Crippen LogP) is 2.09. The molecule has 0 radical (unpaired) electrons. The van der Waals surface area contributed by atoms with E-state index in [4.69, 9.17) is 9.47 Å². The Bertz CT molecular complexity index is 615. The van der Waals surface area contributed by atoms with Crippen LogP contribution in [0.5, 0.6) is 0 Å². The molecule has 0 aromatic heterocycles. The van der Waals surface area contributed by atoms with Crippen molar-refractivity contribution in [2.75, 3.05) is 46.5 Å². The van der Waals surface area contributed by atoms with E-state index >= 15 is 0 Å². The second-order valence-corrected chi connectivity index (χ2v) is 8.12. The summed E-state index contributed by atoms with van der Waals surface area (Å²) in [5.41, 5.74) is 1.91. The summed E-state index contributed by atoms with van der Waals surface area (Å²) in [6.45, 7) is 5.70. The first kappa shape index (κ1) is 21.2. The van der Waals surface area contributed by atoms with E-state index < -0.39 is 6.10 Å². The van der Waals surface area contributed by atoms with Crippen LogP contribution in [0.3, 0.4) is 0 Å². The lowest BCUT2D eigenvalue weighted by molar-refractivity contribution is -0.0592. The van der Waals surface area contributed by atoms with Crippen LogP contribution < -0.4 is 0 Å². The smallest absolute Gasteiger partial charge is 0.254 e. The molecule has 1 aliphatic carbocycles. The molecule has 1 saturated heterocycles. The van der Waals surface area contributed by atoms with Crippen molar-refractivity contribution in [2.24, 2.45) is 0 Å². The van der Waals surface area contributed by atoms with Crippen LogP contribution in [0.1, 0.15) is 41.6 Å². The highest BCUT2D eigenvalue weighted by Crippen LogP contribution is 2.26. The zero-order valence-corrected chi connectivity index (χ0v) is 17.2.